The lowest BCUT2D eigenvalue weighted by Gasteiger charge is -1.98. The van der Waals surface area contributed by atoms with Crippen molar-refractivity contribution in [3.8, 4) is 18.2 Å². The molecule has 0 aliphatic carbocycles. The Hall–Kier alpha value is -2.29. The summed E-state index contributed by atoms with van der Waals surface area (Å²) in [6.45, 7) is 0. The molecule has 0 bridgehead atoms. The van der Waals surface area contributed by atoms with Gasteiger partial charge in [0.25, 0.3) is 0 Å². The topological polar surface area (TPSA) is 78.8 Å². The Morgan fingerprint density at radius 1 is 1.40 bits per heavy atom. The van der Waals surface area contributed by atoms with Gasteiger partial charge >= 0.3 is 0 Å². The summed E-state index contributed by atoms with van der Waals surface area (Å²) in [5.74, 6) is 3.32. The molecule has 0 saturated heterocycles. The molecule has 0 saturated carbocycles. The zero-order valence-corrected chi connectivity index (χ0v) is 8.35. The van der Waals surface area contributed by atoms with Gasteiger partial charge in [-0.3, -0.25) is 0 Å². The number of nitrogens with zero attached hydrogens (tertiary/aromatic N) is 4. The Balaban J connectivity index is 2.87. The second-order valence-electron chi connectivity index (χ2n) is 2.91. The SMILES string of the molecule is C#Cc1nc(N)c2nn(C)c(OC)c2n1. The van der Waals surface area contributed by atoms with Gasteiger partial charge in [-0.15, -0.1) is 6.42 Å². The van der Waals surface area contributed by atoms with Crippen molar-refractivity contribution in [2.45, 2.75) is 0 Å². The first-order valence-electron chi connectivity index (χ1n) is 4.18. The third-order valence-electron chi connectivity index (χ3n) is 1.98. The molecule has 6 nitrogen and oxygen atoms in total. The molecular formula is C9H9N5O. The first-order valence-corrected chi connectivity index (χ1v) is 4.18. The first kappa shape index (κ1) is 9.27. The number of methoxy groups -OCH3 is 1. The highest BCUT2D eigenvalue weighted by atomic mass is 16.5. The van der Waals surface area contributed by atoms with E-state index in [1.165, 1.54) is 11.8 Å². The maximum absolute atomic E-state index is 5.69. The Bertz CT molecular complexity index is 566. The average molecular weight is 203 g/mol. The van der Waals surface area contributed by atoms with Crippen molar-refractivity contribution in [2.75, 3.05) is 12.8 Å². The van der Waals surface area contributed by atoms with Gasteiger partial charge in [0, 0.05) is 7.05 Å². The van der Waals surface area contributed by atoms with E-state index in [1.54, 1.807) is 7.05 Å². The highest BCUT2D eigenvalue weighted by Gasteiger charge is 2.15. The third-order valence-corrected chi connectivity index (χ3v) is 1.98. The van der Waals surface area contributed by atoms with Crippen LogP contribution in [0.15, 0.2) is 0 Å². The average Bonchev–Trinajstić information content (AvgIpc) is 2.54. The molecule has 2 heterocycles. The minimum Gasteiger partial charge on any atom is -0.480 e. The van der Waals surface area contributed by atoms with Crippen molar-refractivity contribution in [2.24, 2.45) is 7.05 Å². The normalized spacial score (nSPS) is 10.2. The molecule has 76 valence electrons. The maximum atomic E-state index is 5.69. The van der Waals surface area contributed by atoms with Crippen LogP contribution in [0.25, 0.3) is 11.0 Å². The van der Waals surface area contributed by atoms with Crippen LogP contribution in [0, 0.1) is 12.3 Å². The van der Waals surface area contributed by atoms with E-state index in [2.05, 4.69) is 21.0 Å². The molecule has 0 unspecified atom stereocenters. The van der Waals surface area contributed by atoms with E-state index in [1.807, 2.05) is 0 Å². The van der Waals surface area contributed by atoms with Crippen LogP contribution in [-0.4, -0.2) is 26.9 Å². The molecule has 0 atom stereocenters. The number of nitrogen functional groups attached to an aromatic ring is 1. The highest BCUT2D eigenvalue weighted by Crippen LogP contribution is 2.25. The lowest BCUT2D eigenvalue weighted by Crippen LogP contribution is -1.97. The Kier molecular flexibility index (Phi) is 1.94. The molecular weight excluding hydrogens is 194 g/mol. The number of nitrogens with two attached hydrogens (primary N) is 1. The molecule has 0 spiro atoms. The fourth-order valence-electron chi connectivity index (χ4n) is 1.36. The fourth-order valence-corrected chi connectivity index (χ4v) is 1.36. The van der Waals surface area contributed by atoms with Crippen LogP contribution in [0.4, 0.5) is 5.82 Å². The largest absolute Gasteiger partial charge is 0.480 e. The van der Waals surface area contributed by atoms with Crippen molar-refractivity contribution < 1.29 is 4.74 Å². The third kappa shape index (κ3) is 1.25. The van der Waals surface area contributed by atoms with Crippen LogP contribution in [0.5, 0.6) is 5.88 Å². The van der Waals surface area contributed by atoms with Crippen LogP contribution in [-0.2, 0) is 7.05 Å². The van der Waals surface area contributed by atoms with E-state index in [4.69, 9.17) is 16.9 Å². The molecule has 2 aromatic heterocycles. The Morgan fingerprint density at radius 3 is 2.73 bits per heavy atom. The molecule has 15 heavy (non-hydrogen) atoms. The Labute approximate surface area is 86.1 Å². The summed E-state index contributed by atoms with van der Waals surface area (Å²) in [6.07, 6.45) is 5.21. The smallest absolute Gasteiger partial charge is 0.238 e. The van der Waals surface area contributed by atoms with E-state index in [0.717, 1.165) is 0 Å². The molecule has 2 aromatic rings. The standard InChI is InChI=1S/C9H9N5O/c1-4-5-11-7-6(8(10)12-5)13-14(2)9(7)15-3/h1H,2-3H3,(H2,10,11,12). The zero-order chi connectivity index (χ0) is 11.0. The fraction of sp³-hybridized carbons (Fsp3) is 0.222. The van der Waals surface area contributed by atoms with Gasteiger partial charge in [-0.25, -0.2) is 14.6 Å². The van der Waals surface area contributed by atoms with E-state index in [9.17, 15) is 0 Å². The molecule has 0 aliphatic heterocycles. The molecule has 0 amide bonds. The summed E-state index contributed by atoms with van der Waals surface area (Å²) in [7, 11) is 3.26. The van der Waals surface area contributed by atoms with Crippen molar-refractivity contribution in [3.63, 3.8) is 0 Å². The van der Waals surface area contributed by atoms with Crippen molar-refractivity contribution in [3.05, 3.63) is 5.82 Å². The van der Waals surface area contributed by atoms with E-state index < -0.39 is 0 Å². The highest BCUT2D eigenvalue weighted by molar-refractivity contribution is 5.88. The minimum absolute atomic E-state index is 0.228. The summed E-state index contributed by atoms with van der Waals surface area (Å²) in [5.41, 5.74) is 6.71. The van der Waals surface area contributed by atoms with E-state index in [0.29, 0.717) is 16.9 Å². The molecule has 0 radical (unpaired) electrons. The number of rotatable bonds is 1. The number of terminal acetylenes is 1. The van der Waals surface area contributed by atoms with Gasteiger partial charge in [-0.05, 0) is 5.92 Å². The van der Waals surface area contributed by atoms with Crippen LogP contribution in [0.3, 0.4) is 0 Å². The molecule has 6 heteroatoms. The van der Waals surface area contributed by atoms with Gasteiger partial charge in [-0.2, -0.15) is 5.10 Å². The quantitative estimate of drug-likeness (QED) is 0.656. The van der Waals surface area contributed by atoms with Gasteiger partial charge in [0.15, 0.2) is 16.9 Å². The number of fused-ring (bicyclic) bond motifs is 1. The Morgan fingerprint density at radius 2 is 2.13 bits per heavy atom. The predicted octanol–water partition coefficient (Wildman–Crippen LogP) is -0.0646. The monoisotopic (exact) mass is 203 g/mol. The van der Waals surface area contributed by atoms with Crippen molar-refractivity contribution in [1.82, 2.24) is 19.7 Å². The zero-order valence-electron chi connectivity index (χ0n) is 8.35. The van der Waals surface area contributed by atoms with Crippen LogP contribution < -0.4 is 10.5 Å². The van der Waals surface area contributed by atoms with Crippen molar-refractivity contribution in [1.29, 1.82) is 0 Å². The summed E-state index contributed by atoms with van der Waals surface area (Å²) in [5, 5.41) is 4.13. The van der Waals surface area contributed by atoms with Gasteiger partial charge in [0.2, 0.25) is 11.7 Å². The van der Waals surface area contributed by atoms with Gasteiger partial charge < -0.3 is 10.5 Å². The van der Waals surface area contributed by atoms with E-state index >= 15 is 0 Å². The molecule has 0 aromatic carbocycles. The second-order valence-corrected chi connectivity index (χ2v) is 2.91. The number of ether oxygens (including phenoxy) is 1. The van der Waals surface area contributed by atoms with Crippen LogP contribution >= 0.6 is 0 Å². The maximum Gasteiger partial charge on any atom is 0.238 e. The van der Waals surface area contributed by atoms with Crippen LogP contribution in [0.1, 0.15) is 5.82 Å². The first-order chi connectivity index (χ1) is 7.17. The summed E-state index contributed by atoms with van der Waals surface area (Å²) < 4.78 is 6.68. The second kappa shape index (κ2) is 3.13. The van der Waals surface area contributed by atoms with Gasteiger partial charge in [0.1, 0.15) is 0 Å². The summed E-state index contributed by atoms with van der Waals surface area (Å²) in [6, 6.07) is 0. The van der Waals surface area contributed by atoms with E-state index in [-0.39, 0.29) is 11.6 Å². The summed E-state index contributed by atoms with van der Waals surface area (Å²) >= 11 is 0. The molecule has 0 aliphatic rings. The molecule has 2 N–H and O–H groups in total. The van der Waals surface area contributed by atoms with Gasteiger partial charge in [0.05, 0.1) is 7.11 Å². The number of hydrogen-bond acceptors (Lipinski definition) is 5. The lowest BCUT2D eigenvalue weighted by molar-refractivity contribution is 0.377. The number of aryl methyl sites for hydroxylation is 1. The molecule has 2 rings (SSSR count). The number of hydrogen-bond donors (Lipinski definition) is 1. The number of anilines is 1. The van der Waals surface area contributed by atoms with Crippen molar-refractivity contribution >= 4 is 16.9 Å². The van der Waals surface area contributed by atoms with Gasteiger partial charge in [-0.1, -0.05) is 0 Å². The summed E-state index contributed by atoms with van der Waals surface area (Å²) in [4.78, 5) is 8.02. The molecule has 0 fully saturated rings. The predicted molar refractivity (Wildman–Crippen MR) is 55.2 cm³/mol. The minimum atomic E-state index is 0.228. The van der Waals surface area contributed by atoms with Crippen LogP contribution in [0.2, 0.25) is 0 Å². The lowest BCUT2D eigenvalue weighted by atomic mass is 10.4. The number of aromatic nitrogens is 4.